The topological polar surface area (TPSA) is 54.4 Å². The summed E-state index contributed by atoms with van der Waals surface area (Å²) in [6.45, 7) is 1.04. The van der Waals surface area contributed by atoms with Gasteiger partial charge in [0.2, 0.25) is 0 Å². The standard InChI is InChI=1S/C6H11FO3S/c1-6(3-8)4-11(9,10)2-5(6)7/h5,8H,2-4H2,1H3. The Bertz CT molecular complexity index is 249. The third-order valence-corrected chi connectivity index (χ3v) is 3.97. The van der Waals surface area contributed by atoms with Crippen LogP contribution in [0, 0.1) is 5.41 Å². The number of aliphatic hydroxyl groups excluding tert-OH is 1. The van der Waals surface area contributed by atoms with Gasteiger partial charge in [0.25, 0.3) is 0 Å². The molecule has 0 amide bonds. The van der Waals surface area contributed by atoms with Crippen LogP contribution in [0.1, 0.15) is 6.92 Å². The molecule has 0 aromatic heterocycles. The van der Waals surface area contributed by atoms with E-state index in [0.717, 1.165) is 0 Å². The minimum atomic E-state index is -3.25. The van der Waals surface area contributed by atoms with Crippen LogP contribution in [0.15, 0.2) is 0 Å². The normalized spacial score (nSPS) is 42.6. The van der Waals surface area contributed by atoms with Crippen LogP contribution in [0.4, 0.5) is 4.39 Å². The Hall–Kier alpha value is -0.160. The minimum absolute atomic E-state index is 0.238. The summed E-state index contributed by atoms with van der Waals surface area (Å²) in [5, 5.41) is 8.72. The second kappa shape index (κ2) is 2.42. The van der Waals surface area contributed by atoms with Gasteiger partial charge in [-0.2, -0.15) is 0 Å². The van der Waals surface area contributed by atoms with E-state index in [-0.39, 0.29) is 5.75 Å². The number of aliphatic hydroxyl groups is 1. The minimum Gasteiger partial charge on any atom is -0.396 e. The van der Waals surface area contributed by atoms with Crippen LogP contribution >= 0.6 is 0 Å². The van der Waals surface area contributed by atoms with Crippen LogP contribution in [0.2, 0.25) is 0 Å². The van der Waals surface area contributed by atoms with Crippen LogP contribution in [0.5, 0.6) is 0 Å². The van der Waals surface area contributed by atoms with Gasteiger partial charge in [-0.05, 0) is 0 Å². The SMILES string of the molecule is CC1(CO)CS(=O)(=O)CC1F. The Morgan fingerprint density at radius 2 is 2.27 bits per heavy atom. The largest absolute Gasteiger partial charge is 0.396 e. The van der Waals surface area contributed by atoms with Gasteiger partial charge in [-0.1, -0.05) is 6.92 Å². The molecule has 0 aliphatic carbocycles. The third kappa shape index (κ3) is 1.54. The quantitative estimate of drug-likeness (QED) is 0.608. The lowest BCUT2D eigenvalue weighted by atomic mass is 9.90. The number of rotatable bonds is 1. The Morgan fingerprint density at radius 3 is 2.45 bits per heavy atom. The van der Waals surface area contributed by atoms with Crippen LogP contribution in [0.25, 0.3) is 0 Å². The van der Waals surface area contributed by atoms with Crippen molar-refractivity contribution < 1.29 is 17.9 Å². The predicted molar refractivity (Wildman–Crippen MR) is 38.7 cm³/mol. The highest BCUT2D eigenvalue weighted by atomic mass is 32.2. The van der Waals surface area contributed by atoms with Gasteiger partial charge in [0.15, 0.2) is 9.84 Å². The van der Waals surface area contributed by atoms with Gasteiger partial charge in [0.05, 0.1) is 18.1 Å². The van der Waals surface area contributed by atoms with E-state index in [9.17, 15) is 12.8 Å². The zero-order valence-electron chi connectivity index (χ0n) is 6.25. The van der Waals surface area contributed by atoms with Crippen molar-refractivity contribution in [2.24, 2.45) is 5.41 Å². The molecule has 1 saturated heterocycles. The summed E-state index contributed by atoms with van der Waals surface area (Å²) in [4.78, 5) is 0. The summed E-state index contributed by atoms with van der Waals surface area (Å²) in [5.41, 5.74) is -1.07. The molecular formula is C6H11FO3S. The average Bonchev–Trinajstić information content (AvgIpc) is 2.03. The maximum atomic E-state index is 12.9. The van der Waals surface area contributed by atoms with Crippen molar-refractivity contribution in [1.82, 2.24) is 0 Å². The molecule has 5 heteroatoms. The zero-order chi connectivity index (χ0) is 8.70. The number of alkyl halides is 1. The molecule has 11 heavy (non-hydrogen) atoms. The number of sulfone groups is 1. The van der Waals surface area contributed by atoms with Crippen LogP contribution in [0.3, 0.4) is 0 Å². The maximum Gasteiger partial charge on any atom is 0.153 e. The van der Waals surface area contributed by atoms with E-state index in [4.69, 9.17) is 5.11 Å². The molecular weight excluding hydrogens is 171 g/mol. The number of halogens is 1. The summed E-state index contributed by atoms with van der Waals surface area (Å²) < 4.78 is 34.7. The van der Waals surface area contributed by atoms with E-state index < -0.39 is 33.8 Å². The fraction of sp³-hybridized carbons (Fsp3) is 1.00. The van der Waals surface area contributed by atoms with E-state index in [1.807, 2.05) is 0 Å². The molecule has 1 heterocycles. The summed E-state index contributed by atoms with van der Waals surface area (Å²) in [5.74, 6) is -0.679. The van der Waals surface area contributed by atoms with Crippen LogP contribution in [-0.2, 0) is 9.84 Å². The highest BCUT2D eigenvalue weighted by Gasteiger charge is 2.47. The molecule has 0 bridgehead atoms. The molecule has 1 rings (SSSR count). The molecule has 1 aliphatic rings. The number of hydrogen-bond donors (Lipinski definition) is 1. The fourth-order valence-electron chi connectivity index (χ4n) is 1.22. The molecule has 1 fully saturated rings. The van der Waals surface area contributed by atoms with Crippen molar-refractivity contribution in [2.75, 3.05) is 18.1 Å². The first-order valence-corrected chi connectivity index (χ1v) is 5.17. The van der Waals surface area contributed by atoms with Gasteiger partial charge >= 0.3 is 0 Å². The predicted octanol–water partition coefficient (Wildman–Crippen LogP) is -0.248. The Kier molecular flexibility index (Phi) is 1.96. The van der Waals surface area contributed by atoms with Gasteiger partial charge in [-0.3, -0.25) is 0 Å². The van der Waals surface area contributed by atoms with Gasteiger partial charge < -0.3 is 5.11 Å². The van der Waals surface area contributed by atoms with Crippen molar-refractivity contribution in [3.05, 3.63) is 0 Å². The molecule has 66 valence electrons. The van der Waals surface area contributed by atoms with Crippen molar-refractivity contribution >= 4 is 9.84 Å². The molecule has 0 saturated carbocycles. The van der Waals surface area contributed by atoms with Gasteiger partial charge in [-0.15, -0.1) is 0 Å². The Morgan fingerprint density at radius 1 is 1.73 bits per heavy atom. The van der Waals surface area contributed by atoms with Gasteiger partial charge in [0.1, 0.15) is 6.17 Å². The second-order valence-corrected chi connectivity index (χ2v) is 5.44. The number of hydrogen-bond acceptors (Lipinski definition) is 3. The molecule has 1 N–H and O–H groups in total. The third-order valence-electron chi connectivity index (χ3n) is 2.07. The van der Waals surface area contributed by atoms with E-state index in [1.165, 1.54) is 6.92 Å². The highest BCUT2D eigenvalue weighted by molar-refractivity contribution is 7.91. The molecule has 2 unspecified atom stereocenters. The molecule has 0 aromatic rings. The second-order valence-electron chi connectivity index (χ2n) is 3.33. The van der Waals surface area contributed by atoms with Crippen molar-refractivity contribution in [2.45, 2.75) is 13.1 Å². The molecule has 3 nitrogen and oxygen atoms in total. The lowest BCUT2D eigenvalue weighted by molar-refractivity contribution is 0.0917. The van der Waals surface area contributed by atoms with E-state index >= 15 is 0 Å². The van der Waals surface area contributed by atoms with E-state index in [0.29, 0.717) is 0 Å². The van der Waals surface area contributed by atoms with E-state index in [1.54, 1.807) is 0 Å². The first kappa shape index (κ1) is 8.93. The fourth-order valence-corrected chi connectivity index (χ4v) is 3.46. The van der Waals surface area contributed by atoms with E-state index in [2.05, 4.69) is 0 Å². The van der Waals surface area contributed by atoms with Gasteiger partial charge in [-0.25, -0.2) is 12.8 Å². The lowest BCUT2D eigenvalue weighted by Gasteiger charge is -2.20. The summed E-state index contributed by atoms with van der Waals surface area (Å²) in [6.07, 6.45) is -1.42. The Labute approximate surface area is 65.1 Å². The van der Waals surface area contributed by atoms with Crippen LogP contribution < -0.4 is 0 Å². The van der Waals surface area contributed by atoms with Crippen molar-refractivity contribution in [3.63, 3.8) is 0 Å². The lowest BCUT2D eigenvalue weighted by Crippen LogP contribution is -2.31. The molecule has 1 aliphatic heterocycles. The summed E-state index contributed by atoms with van der Waals surface area (Å²) >= 11 is 0. The smallest absolute Gasteiger partial charge is 0.153 e. The van der Waals surface area contributed by atoms with Gasteiger partial charge in [0, 0.05) is 5.41 Å². The van der Waals surface area contributed by atoms with Crippen molar-refractivity contribution in [3.8, 4) is 0 Å². The van der Waals surface area contributed by atoms with Crippen molar-refractivity contribution in [1.29, 1.82) is 0 Å². The van der Waals surface area contributed by atoms with Crippen LogP contribution in [-0.4, -0.2) is 37.8 Å². The summed E-state index contributed by atoms with van der Waals surface area (Å²) in [6, 6.07) is 0. The molecule has 0 aromatic carbocycles. The summed E-state index contributed by atoms with van der Waals surface area (Å²) in [7, 11) is -3.25. The molecule has 0 spiro atoms. The first-order valence-electron chi connectivity index (χ1n) is 3.35. The zero-order valence-corrected chi connectivity index (χ0v) is 7.07. The molecule has 2 atom stereocenters. The monoisotopic (exact) mass is 182 g/mol. The maximum absolute atomic E-state index is 12.9. The first-order chi connectivity index (χ1) is 4.90. The highest BCUT2D eigenvalue weighted by Crippen LogP contribution is 2.33. The Balaban J connectivity index is 2.90. The average molecular weight is 182 g/mol. The molecule has 0 radical (unpaired) electrons.